The third-order valence-corrected chi connectivity index (χ3v) is 6.65. The molecule has 2 rings (SSSR count). The third-order valence-electron chi connectivity index (χ3n) is 6.65. The standard InChI is InChI=1S/C19H40N4/c1-16-14-17(2)22-11-9-21(7)19(4,5)15-18(3)23(13-12-22)10-8-20(16)6/h16-18H,8-15H2,1-7H3. The van der Waals surface area contributed by atoms with E-state index in [-0.39, 0.29) is 5.54 Å². The lowest BCUT2D eigenvalue weighted by molar-refractivity contribution is 0.0334. The normalized spacial score (nSPS) is 41.6. The summed E-state index contributed by atoms with van der Waals surface area (Å²) >= 11 is 0. The minimum atomic E-state index is 0.271. The molecule has 0 amide bonds. The summed E-state index contributed by atoms with van der Waals surface area (Å²) in [5, 5.41) is 0. The third kappa shape index (κ3) is 4.91. The van der Waals surface area contributed by atoms with E-state index < -0.39 is 0 Å². The number of fused-ring (bicyclic) bond motifs is 3. The molecule has 5 atom stereocenters. The molecule has 0 aromatic carbocycles. The molecule has 0 N–H and O–H groups in total. The summed E-state index contributed by atoms with van der Waals surface area (Å²) in [6.45, 7) is 19.3. The smallest absolute Gasteiger partial charge is 0.0165 e. The lowest BCUT2D eigenvalue weighted by Crippen LogP contribution is -2.55. The first-order valence-corrected chi connectivity index (χ1v) is 9.60. The van der Waals surface area contributed by atoms with E-state index in [2.05, 4.69) is 68.3 Å². The van der Waals surface area contributed by atoms with Gasteiger partial charge in [-0.1, -0.05) is 0 Å². The molecule has 2 fully saturated rings. The summed E-state index contributed by atoms with van der Waals surface area (Å²) in [5.41, 5.74) is 0.271. The van der Waals surface area contributed by atoms with Crippen LogP contribution in [-0.4, -0.2) is 96.6 Å². The van der Waals surface area contributed by atoms with Gasteiger partial charge in [-0.25, -0.2) is 0 Å². The first kappa shape index (κ1) is 19.2. The van der Waals surface area contributed by atoms with E-state index in [1.54, 1.807) is 0 Å². The summed E-state index contributed by atoms with van der Waals surface area (Å²) < 4.78 is 0. The first-order chi connectivity index (χ1) is 10.7. The molecule has 4 heteroatoms. The highest BCUT2D eigenvalue weighted by molar-refractivity contribution is 4.88. The van der Waals surface area contributed by atoms with E-state index in [1.807, 2.05) is 0 Å². The van der Waals surface area contributed by atoms with Gasteiger partial charge in [-0.15, -0.1) is 0 Å². The molecule has 2 heterocycles. The van der Waals surface area contributed by atoms with Gasteiger partial charge in [0.05, 0.1) is 0 Å². The van der Waals surface area contributed by atoms with Crippen LogP contribution in [0.25, 0.3) is 0 Å². The fraction of sp³-hybridized carbons (Fsp3) is 1.00. The van der Waals surface area contributed by atoms with E-state index in [0.29, 0.717) is 18.1 Å². The Hall–Kier alpha value is -0.160. The van der Waals surface area contributed by atoms with Crippen molar-refractivity contribution in [3.8, 4) is 0 Å². The Morgan fingerprint density at radius 2 is 1.22 bits per heavy atom. The second-order valence-corrected chi connectivity index (χ2v) is 8.77. The number of nitrogens with zero attached hydrogens (tertiary/aromatic N) is 4. The number of hydrogen-bond acceptors (Lipinski definition) is 4. The van der Waals surface area contributed by atoms with Gasteiger partial charge in [0.25, 0.3) is 0 Å². The molecular weight excluding hydrogens is 284 g/mol. The molecular formula is C19H40N4. The summed E-state index contributed by atoms with van der Waals surface area (Å²) in [5.74, 6) is 0. The average molecular weight is 325 g/mol. The molecule has 136 valence electrons. The summed E-state index contributed by atoms with van der Waals surface area (Å²) in [6.07, 6.45) is 2.53. The predicted molar refractivity (Wildman–Crippen MR) is 100 cm³/mol. The first-order valence-electron chi connectivity index (χ1n) is 9.60. The SMILES string of the molecule is CC1CC(C)N2CCN(CCN1C)C(C)CC(C)(C)N(C)CC2. The quantitative estimate of drug-likeness (QED) is 0.677. The van der Waals surface area contributed by atoms with Crippen LogP contribution in [0.5, 0.6) is 0 Å². The molecule has 0 spiro atoms. The largest absolute Gasteiger partial charge is 0.302 e. The fourth-order valence-electron chi connectivity index (χ4n) is 4.28. The molecule has 2 aliphatic heterocycles. The molecule has 2 aliphatic rings. The maximum atomic E-state index is 2.73. The van der Waals surface area contributed by atoms with Gasteiger partial charge in [0.15, 0.2) is 0 Å². The molecule has 23 heavy (non-hydrogen) atoms. The Balaban J connectivity index is 2.23. The van der Waals surface area contributed by atoms with Crippen LogP contribution in [-0.2, 0) is 0 Å². The van der Waals surface area contributed by atoms with Crippen LogP contribution in [0.1, 0.15) is 47.5 Å². The van der Waals surface area contributed by atoms with Gasteiger partial charge < -0.3 is 4.90 Å². The van der Waals surface area contributed by atoms with Gasteiger partial charge in [-0.3, -0.25) is 14.7 Å². The lowest BCUT2D eigenvalue weighted by atomic mass is 9.92. The van der Waals surface area contributed by atoms with Gasteiger partial charge in [-0.05, 0) is 61.6 Å². The molecule has 5 unspecified atom stereocenters. The van der Waals surface area contributed by atoms with Crippen LogP contribution in [0, 0.1) is 0 Å². The van der Waals surface area contributed by atoms with Crippen molar-refractivity contribution in [2.24, 2.45) is 0 Å². The lowest BCUT2D eigenvalue weighted by Gasteiger charge is -2.46. The fourth-order valence-corrected chi connectivity index (χ4v) is 4.28. The predicted octanol–water partition coefficient (Wildman–Crippen LogP) is 2.21. The molecule has 0 aliphatic carbocycles. The van der Waals surface area contributed by atoms with Crippen LogP contribution in [0.4, 0.5) is 0 Å². The monoisotopic (exact) mass is 324 g/mol. The molecule has 4 nitrogen and oxygen atoms in total. The Morgan fingerprint density at radius 3 is 1.87 bits per heavy atom. The maximum absolute atomic E-state index is 2.73. The Labute approximate surface area is 144 Å². The number of hydrogen-bond donors (Lipinski definition) is 0. The topological polar surface area (TPSA) is 13.0 Å². The minimum absolute atomic E-state index is 0.271. The van der Waals surface area contributed by atoms with Crippen molar-refractivity contribution in [1.29, 1.82) is 0 Å². The zero-order valence-corrected chi connectivity index (χ0v) is 16.7. The second-order valence-electron chi connectivity index (χ2n) is 8.77. The van der Waals surface area contributed by atoms with E-state index in [9.17, 15) is 0 Å². The molecule has 0 aromatic rings. The van der Waals surface area contributed by atoms with E-state index in [4.69, 9.17) is 0 Å². The number of likely N-dealkylation sites (N-methyl/N-ethyl adjacent to an activating group) is 2. The van der Waals surface area contributed by atoms with Gasteiger partial charge in [0, 0.05) is 62.9 Å². The summed E-state index contributed by atoms with van der Waals surface area (Å²) in [6, 6.07) is 1.98. The van der Waals surface area contributed by atoms with Gasteiger partial charge in [0.1, 0.15) is 0 Å². The highest BCUT2D eigenvalue weighted by Gasteiger charge is 2.31. The summed E-state index contributed by atoms with van der Waals surface area (Å²) in [4.78, 5) is 10.6. The van der Waals surface area contributed by atoms with Gasteiger partial charge >= 0.3 is 0 Å². The molecule has 0 aromatic heterocycles. The van der Waals surface area contributed by atoms with Crippen molar-refractivity contribution in [1.82, 2.24) is 19.6 Å². The van der Waals surface area contributed by atoms with Crippen LogP contribution >= 0.6 is 0 Å². The van der Waals surface area contributed by atoms with Crippen molar-refractivity contribution < 1.29 is 0 Å². The van der Waals surface area contributed by atoms with Crippen molar-refractivity contribution in [3.63, 3.8) is 0 Å². The van der Waals surface area contributed by atoms with Crippen molar-refractivity contribution in [3.05, 3.63) is 0 Å². The molecule has 0 radical (unpaired) electrons. The molecule has 2 bridgehead atoms. The molecule has 0 saturated carbocycles. The van der Waals surface area contributed by atoms with E-state index >= 15 is 0 Å². The van der Waals surface area contributed by atoms with Crippen LogP contribution < -0.4 is 0 Å². The highest BCUT2D eigenvalue weighted by atomic mass is 15.3. The van der Waals surface area contributed by atoms with Crippen molar-refractivity contribution in [2.75, 3.05) is 53.4 Å². The van der Waals surface area contributed by atoms with Crippen LogP contribution in [0.15, 0.2) is 0 Å². The Morgan fingerprint density at radius 1 is 0.696 bits per heavy atom. The highest BCUT2D eigenvalue weighted by Crippen LogP contribution is 2.24. The summed E-state index contributed by atoms with van der Waals surface area (Å²) in [7, 11) is 4.61. The molecule has 2 saturated heterocycles. The van der Waals surface area contributed by atoms with Crippen LogP contribution in [0.2, 0.25) is 0 Å². The second kappa shape index (κ2) is 7.81. The van der Waals surface area contributed by atoms with Crippen LogP contribution in [0.3, 0.4) is 0 Å². The zero-order valence-electron chi connectivity index (χ0n) is 16.7. The maximum Gasteiger partial charge on any atom is 0.0165 e. The zero-order chi connectivity index (χ0) is 17.2. The Bertz CT molecular complexity index is 368. The van der Waals surface area contributed by atoms with Gasteiger partial charge in [0.2, 0.25) is 0 Å². The number of rotatable bonds is 0. The average Bonchev–Trinajstić information content (AvgIpc) is 2.46. The minimum Gasteiger partial charge on any atom is -0.302 e. The van der Waals surface area contributed by atoms with Gasteiger partial charge in [-0.2, -0.15) is 0 Å². The van der Waals surface area contributed by atoms with E-state index in [0.717, 1.165) is 0 Å². The van der Waals surface area contributed by atoms with Crippen molar-refractivity contribution >= 4 is 0 Å². The van der Waals surface area contributed by atoms with Crippen molar-refractivity contribution in [2.45, 2.75) is 71.1 Å². The van der Waals surface area contributed by atoms with E-state index in [1.165, 1.54) is 52.1 Å². The Kier molecular flexibility index (Phi) is 6.51.